The number of amides is 1. The molecule has 1 rings (SSSR count). The van der Waals surface area contributed by atoms with Gasteiger partial charge in [0.1, 0.15) is 5.82 Å². The lowest BCUT2D eigenvalue weighted by Gasteiger charge is -2.16. The van der Waals surface area contributed by atoms with Gasteiger partial charge in [-0.2, -0.15) is 0 Å². The third-order valence-electron chi connectivity index (χ3n) is 2.02. The van der Waals surface area contributed by atoms with E-state index in [9.17, 15) is 4.79 Å². The third kappa shape index (κ3) is 5.26. The molecule has 0 aliphatic rings. The SMILES string of the molecule is CC(C)NC(=O)CN(C)Cc1cnc(N)cn1. The molecule has 0 aromatic carbocycles. The Morgan fingerprint density at radius 1 is 1.47 bits per heavy atom. The summed E-state index contributed by atoms with van der Waals surface area (Å²) in [5.74, 6) is 0.403. The zero-order valence-electron chi connectivity index (χ0n) is 10.5. The molecule has 0 aliphatic heterocycles. The summed E-state index contributed by atoms with van der Waals surface area (Å²) in [5, 5.41) is 2.83. The van der Waals surface area contributed by atoms with Crippen LogP contribution in [0, 0.1) is 0 Å². The molecule has 6 heteroatoms. The lowest BCUT2D eigenvalue weighted by Crippen LogP contribution is -2.38. The number of nitrogens with zero attached hydrogens (tertiary/aromatic N) is 3. The number of aromatic nitrogens is 2. The molecule has 3 N–H and O–H groups in total. The van der Waals surface area contributed by atoms with E-state index in [4.69, 9.17) is 5.73 Å². The van der Waals surface area contributed by atoms with Crippen LogP contribution < -0.4 is 11.1 Å². The number of carbonyl (C=O) groups is 1. The van der Waals surface area contributed by atoms with Gasteiger partial charge in [0.2, 0.25) is 5.91 Å². The molecular weight excluding hydrogens is 218 g/mol. The fraction of sp³-hybridized carbons (Fsp3) is 0.545. The van der Waals surface area contributed by atoms with Gasteiger partial charge in [-0.1, -0.05) is 0 Å². The maximum absolute atomic E-state index is 11.5. The van der Waals surface area contributed by atoms with Gasteiger partial charge < -0.3 is 11.1 Å². The summed E-state index contributed by atoms with van der Waals surface area (Å²) < 4.78 is 0. The van der Waals surface area contributed by atoms with Crippen molar-refractivity contribution in [3.05, 3.63) is 18.1 Å². The highest BCUT2D eigenvalue weighted by Gasteiger charge is 2.08. The first kappa shape index (κ1) is 13.4. The van der Waals surface area contributed by atoms with Crippen molar-refractivity contribution in [3.8, 4) is 0 Å². The third-order valence-corrected chi connectivity index (χ3v) is 2.02. The van der Waals surface area contributed by atoms with E-state index in [0.29, 0.717) is 18.9 Å². The van der Waals surface area contributed by atoms with Gasteiger partial charge in [0, 0.05) is 12.6 Å². The van der Waals surface area contributed by atoms with Gasteiger partial charge in [-0.3, -0.25) is 14.7 Å². The van der Waals surface area contributed by atoms with Crippen LogP contribution in [-0.4, -0.2) is 40.4 Å². The highest BCUT2D eigenvalue weighted by molar-refractivity contribution is 5.78. The van der Waals surface area contributed by atoms with Crippen LogP contribution in [0.15, 0.2) is 12.4 Å². The van der Waals surface area contributed by atoms with Crippen molar-refractivity contribution in [2.45, 2.75) is 26.4 Å². The first-order chi connectivity index (χ1) is 7.97. The topological polar surface area (TPSA) is 84.1 Å². The fourth-order valence-electron chi connectivity index (χ4n) is 1.39. The summed E-state index contributed by atoms with van der Waals surface area (Å²) in [6.45, 7) is 4.77. The number of nitrogens with two attached hydrogens (primary N) is 1. The minimum Gasteiger partial charge on any atom is -0.382 e. The maximum atomic E-state index is 11.5. The minimum absolute atomic E-state index is 0.00547. The second kappa shape index (κ2) is 6.15. The average molecular weight is 237 g/mol. The number of nitrogens with one attached hydrogen (secondary N) is 1. The van der Waals surface area contributed by atoms with Gasteiger partial charge in [0.15, 0.2) is 0 Å². The van der Waals surface area contributed by atoms with Crippen molar-refractivity contribution < 1.29 is 4.79 Å². The van der Waals surface area contributed by atoms with Gasteiger partial charge in [0.25, 0.3) is 0 Å². The van der Waals surface area contributed by atoms with E-state index < -0.39 is 0 Å². The van der Waals surface area contributed by atoms with Crippen LogP contribution >= 0.6 is 0 Å². The summed E-state index contributed by atoms with van der Waals surface area (Å²) in [4.78, 5) is 21.4. The Kier molecular flexibility index (Phi) is 4.84. The lowest BCUT2D eigenvalue weighted by atomic mass is 10.3. The maximum Gasteiger partial charge on any atom is 0.234 e. The van der Waals surface area contributed by atoms with Crippen molar-refractivity contribution in [1.29, 1.82) is 0 Å². The van der Waals surface area contributed by atoms with E-state index in [1.165, 1.54) is 6.20 Å². The number of carbonyl (C=O) groups excluding carboxylic acids is 1. The van der Waals surface area contributed by atoms with Gasteiger partial charge in [0.05, 0.1) is 24.6 Å². The standard InChI is InChI=1S/C11H19N5O/c1-8(2)15-11(17)7-16(3)6-9-4-14-10(12)5-13-9/h4-5,8H,6-7H2,1-3H3,(H2,12,14)(H,15,17). The van der Waals surface area contributed by atoms with Crippen LogP contribution in [0.5, 0.6) is 0 Å². The molecule has 1 aromatic rings. The molecule has 1 aromatic heterocycles. The van der Waals surface area contributed by atoms with E-state index in [1.807, 2.05) is 25.8 Å². The van der Waals surface area contributed by atoms with Crippen molar-refractivity contribution in [2.75, 3.05) is 19.3 Å². The largest absolute Gasteiger partial charge is 0.382 e. The van der Waals surface area contributed by atoms with Gasteiger partial charge in [-0.25, -0.2) is 4.98 Å². The van der Waals surface area contributed by atoms with E-state index in [-0.39, 0.29) is 11.9 Å². The van der Waals surface area contributed by atoms with Crippen molar-refractivity contribution in [1.82, 2.24) is 20.2 Å². The summed E-state index contributed by atoms with van der Waals surface area (Å²) in [6.07, 6.45) is 3.13. The van der Waals surface area contributed by atoms with Gasteiger partial charge >= 0.3 is 0 Å². The predicted molar refractivity (Wildman–Crippen MR) is 66.1 cm³/mol. The zero-order chi connectivity index (χ0) is 12.8. The Hall–Kier alpha value is -1.69. The normalized spacial score (nSPS) is 10.9. The smallest absolute Gasteiger partial charge is 0.234 e. The highest BCUT2D eigenvalue weighted by atomic mass is 16.2. The van der Waals surface area contributed by atoms with Gasteiger partial charge in [-0.05, 0) is 20.9 Å². The molecule has 0 atom stereocenters. The lowest BCUT2D eigenvalue weighted by molar-refractivity contribution is -0.122. The molecule has 0 unspecified atom stereocenters. The van der Waals surface area contributed by atoms with Crippen molar-refractivity contribution >= 4 is 11.7 Å². The number of anilines is 1. The number of likely N-dealkylation sites (N-methyl/N-ethyl adjacent to an activating group) is 1. The van der Waals surface area contributed by atoms with Crippen LogP contribution in [0.1, 0.15) is 19.5 Å². The van der Waals surface area contributed by atoms with E-state index in [1.54, 1.807) is 6.20 Å². The second-order valence-corrected chi connectivity index (χ2v) is 4.33. The zero-order valence-corrected chi connectivity index (χ0v) is 10.5. The molecule has 6 nitrogen and oxygen atoms in total. The van der Waals surface area contributed by atoms with Crippen LogP contribution in [0.25, 0.3) is 0 Å². The monoisotopic (exact) mass is 237 g/mol. The number of rotatable bonds is 5. The molecule has 0 saturated heterocycles. The van der Waals surface area contributed by atoms with E-state index in [2.05, 4.69) is 15.3 Å². The van der Waals surface area contributed by atoms with Crippen LogP contribution in [0.4, 0.5) is 5.82 Å². The van der Waals surface area contributed by atoms with Crippen LogP contribution in [-0.2, 0) is 11.3 Å². The molecular formula is C11H19N5O. The molecule has 1 heterocycles. The fourth-order valence-corrected chi connectivity index (χ4v) is 1.39. The summed E-state index contributed by atoms with van der Waals surface area (Å²) in [6, 6.07) is 0.159. The van der Waals surface area contributed by atoms with E-state index in [0.717, 1.165) is 5.69 Å². The number of hydrogen-bond acceptors (Lipinski definition) is 5. The van der Waals surface area contributed by atoms with Gasteiger partial charge in [-0.15, -0.1) is 0 Å². The summed E-state index contributed by atoms with van der Waals surface area (Å²) >= 11 is 0. The van der Waals surface area contributed by atoms with Crippen molar-refractivity contribution in [3.63, 3.8) is 0 Å². The highest BCUT2D eigenvalue weighted by Crippen LogP contribution is 1.99. The molecule has 94 valence electrons. The summed E-state index contributed by atoms with van der Waals surface area (Å²) in [5.41, 5.74) is 6.23. The predicted octanol–water partition coefficient (Wildman–Crippen LogP) is 0.0152. The Labute approximate surface area is 101 Å². The second-order valence-electron chi connectivity index (χ2n) is 4.33. The Bertz CT molecular complexity index is 363. The number of hydrogen-bond donors (Lipinski definition) is 2. The molecule has 0 radical (unpaired) electrons. The Morgan fingerprint density at radius 3 is 2.71 bits per heavy atom. The van der Waals surface area contributed by atoms with E-state index >= 15 is 0 Å². The molecule has 0 saturated carbocycles. The molecule has 0 aliphatic carbocycles. The first-order valence-corrected chi connectivity index (χ1v) is 5.51. The molecule has 17 heavy (non-hydrogen) atoms. The Balaban J connectivity index is 2.41. The summed E-state index contributed by atoms with van der Waals surface area (Å²) in [7, 11) is 1.86. The first-order valence-electron chi connectivity index (χ1n) is 5.51. The number of nitrogen functional groups attached to an aromatic ring is 1. The molecule has 0 bridgehead atoms. The minimum atomic E-state index is 0.00547. The molecule has 1 amide bonds. The Morgan fingerprint density at radius 2 is 2.18 bits per heavy atom. The quantitative estimate of drug-likeness (QED) is 0.754. The molecule has 0 spiro atoms. The van der Waals surface area contributed by atoms with Crippen LogP contribution in [0.3, 0.4) is 0 Å². The van der Waals surface area contributed by atoms with Crippen LogP contribution in [0.2, 0.25) is 0 Å². The van der Waals surface area contributed by atoms with Crippen molar-refractivity contribution in [2.24, 2.45) is 0 Å². The average Bonchev–Trinajstić information content (AvgIpc) is 2.19. The molecule has 0 fully saturated rings.